The van der Waals surface area contributed by atoms with Crippen LogP contribution < -0.4 is 20.4 Å². The lowest BCUT2D eigenvalue weighted by Crippen LogP contribution is -2.47. The molecule has 0 spiro atoms. The molecule has 4 aromatic heterocycles. The van der Waals surface area contributed by atoms with Gasteiger partial charge in [-0.25, -0.2) is 27.2 Å². The highest BCUT2D eigenvalue weighted by Gasteiger charge is 2.30. The minimum Gasteiger partial charge on any atom is -0.355 e. The smallest absolute Gasteiger partial charge is 0.321 e. The van der Waals surface area contributed by atoms with Crippen molar-refractivity contribution in [3.63, 3.8) is 0 Å². The summed E-state index contributed by atoms with van der Waals surface area (Å²) in [6, 6.07) is 17.2. The molecule has 7 aromatic rings. The van der Waals surface area contributed by atoms with Crippen LogP contribution in [-0.2, 0) is 14.1 Å². The number of urea groups is 2. The number of nitrogens with zero attached hydrogens (tertiary/aromatic N) is 12. The standard InChI is InChI=1S/C25H25F2N7O.C23H27F2N7O/c1-32(25(35)29-21-8-7-16(26)15-20(21)27)17-10-13-34(14-11-17)24-19-6-4-3-5-18(19)23(30-31-24)22-9-12-28-33(22)2;1-14-15(2)22(29-28-21(14)20-7-10-26-31(20)4)32-11-8-17(9-12-32)30(3)23(33)27-19-6-5-16(24)13-18(19)25/h3-9,12,15,17H,10-11,13-14H2,1-2H3,(H,29,35);5-7,10,13,17H,8-9,11-12H2,1-4H3,(H,27,33). The number of carbonyl (C=O) groups is 2. The van der Waals surface area contributed by atoms with Gasteiger partial charge in [0, 0.05) is 102 Å². The maximum atomic E-state index is 13.9. The van der Waals surface area contributed by atoms with Gasteiger partial charge in [-0.15, -0.1) is 20.4 Å². The molecule has 16 nitrogen and oxygen atoms in total. The summed E-state index contributed by atoms with van der Waals surface area (Å²) >= 11 is 0. The summed E-state index contributed by atoms with van der Waals surface area (Å²) in [5, 5.41) is 33.6. The number of rotatable bonds is 8. The van der Waals surface area contributed by atoms with Crippen LogP contribution >= 0.6 is 0 Å². The molecule has 0 saturated carbocycles. The molecule has 2 aliphatic heterocycles. The number of amides is 4. The summed E-state index contributed by atoms with van der Waals surface area (Å²) in [7, 11) is 7.13. The summed E-state index contributed by atoms with van der Waals surface area (Å²) in [6.45, 7) is 6.89. The molecule has 0 bridgehead atoms. The van der Waals surface area contributed by atoms with E-state index in [4.69, 9.17) is 0 Å². The van der Waals surface area contributed by atoms with Crippen molar-refractivity contribution < 1.29 is 27.2 Å². The van der Waals surface area contributed by atoms with E-state index in [-0.39, 0.29) is 23.5 Å². The topological polar surface area (TPSA) is 158 Å². The van der Waals surface area contributed by atoms with E-state index in [0.717, 1.165) is 106 Å². The quantitative estimate of drug-likeness (QED) is 0.142. The number of nitrogens with one attached hydrogen (secondary N) is 2. The zero-order valence-electron chi connectivity index (χ0n) is 38.6. The van der Waals surface area contributed by atoms with Crippen LogP contribution in [0.25, 0.3) is 33.5 Å². The Morgan fingerprint density at radius 1 is 0.574 bits per heavy atom. The summed E-state index contributed by atoms with van der Waals surface area (Å²) in [6.07, 6.45) is 6.38. The van der Waals surface area contributed by atoms with Crippen LogP contribution in [0.3, 0.4) is 0 Å². The van der Waals surface area contributed by atoms with Gasteiger partial charge in [0.15, 0.2) is 11.6 Å². The lowest BCUT2D eigenvalue weighted by molar-refractivity contribution is 0.192. The first-order valence-corrected chi connectivity index (χ1v) is 22.2. The largest absolute Gasteiger partial charge is 0.355 e. The third-order valence-electron chi connectivity index (χ3n) is 12.9. The minimum absolute atomic E-state index is 0.00663. The Bertz CT molecular complexity index is 2950. The molecule has 354 valence electrons. The SMILES string of the molecule is CN(C(=O)Nc1ccc(F)cc1F)C1CCN(c2nnc(-c3ccnn3C)c3ccccc23)CC1.Cc1c(-c2ccnn2C)nnc(N2CCC(N(C)C(=O)Nc3ccc(F)cc3F)CC2)c1C. The summed E-state index contributed by atoms with van der Waals surface area (Å²) in [5.74, 6) is -1.33. The molecule has 2 saturated heterocycles. The van der Waals surface area contributed by atoms with Gasteiger partial charge in [0.1, 0.15) is 34.7 Å². The van der Waals surface area contributed by atoms with E-state index in [1.807, 2.05) is 64.3 Å². The van der Waals surface area contributed by atoms with Crippen LogP contribution in [0.2, 0.25) is 0 Å². The van der Waals surface area contributed by atoms with E-state index in [9.17, 15) is 27.2 Å². The van der Waals surface area contributed by atoms with Crippen LogP contribution in [0.15, 0.2) is 85.2 Å². The third kappa shape index (κ3) is 9.89. The van der Waals surface area contributed by atoms with Crippen LogP contribution in [0.4, 0.5) is 50.2 Å². The molecule has 0 radical (unpaired) electrons. The highest BCUT2D eigenvalue weighted by atomic mass is 19.1. The zero-order valence-corrected chi connectivity index (χ0v) is 38.6. The van der Waals surface area contributed by atoms with Crippen molar-refractivity contribution in [3.05, 3.63) is 120 Å². The predicted molar refractivity (Wildman–Crippen MR) is 252 cm³/mol. The second kappa shape index (κ2) is 20.1. The number of anilines is 4. The third-order valence-corrected chi connectivity index (χ3v) is 12.9. The first-order valence-electron chi connectivity index (χ1n) is 22.2. The average Bonchev–Trinajstić information content (AvgIpc) is 3.98. The maximum absolute atomic E-state index is 13.9. The molecule has 68 heavy (non-hydrogen) atoms. The van der Waals surface area contributed by atoms with E-state index in [1.54, 1.807) is 45.7 Å². The molecule has 20 heteroatoms. The lowest BCUT2D eigenvalue weighted by atomic mass is 10.0. The van der Waals surface area contributed by atoms with Crippen molar-refractivity contribution >= 4 is 45.8 Å². The molecule has 6 heterocycles. The number of hydrogen-bond donors (Lipinski definition) is 2. The Morgan fingerprint density at radius 3 is 1.49 bits per heavy atom. The van der Waals surface area contributed by atoms with E-state index in [0.29, 0.717) is 26.2 Å². The van der Waals surface area contributed by atoms with Crippen molar-refractivity contribution in [1.29, 1.82) is 0 Å². The first kappa shape index (κ1) is 46.9. The second-order valence-corrected chi connectivity index (χ2v) is 17.0. The fourth-order valence-corrected chi connectivity index (χ4v) is 8.71. The molecule has 2 N–H and O–H groups in total. The van der Waals surface area contributed by atoms with Gasteiger partial charge in [0.2, 0.25) is 0 Å². The number of aromatic nitrogens is 8. The van der Waals surface area contributed by atoms with Gasteiger partial charge in [-0.1, -0.05) is 24.3 Å². The van der Waals surface area contributed by atoms with Gasteiger partial charge in [0.25, 0.3) is 0 Å². The highest BCUT2D eigenvalue weighted by molar-refractivity contribution is 6.00. The fraction of sp³-hybridized carbons (Fsp3) is 0.333. The number of piperidine rings is 2. The number of halogens is 4. The molecular formula is C48H52F4N14O2. The van der Waals surface area contributed by atoms with Gasteiger partial charge in [0.05, 0.1) is 22.8 Å². The van der Waals surface area contributed by atoms with Gasteiger partial charge in [-0.3, -0.25) is 9.36 Å². The van der Waals surface area contributed by atoms with E-state index >= 15 is 0 Å². The number of aryl methyl sites for hydroxylation is 2. The minimum atomic E-state index is -0.804. The number of carbonyl (C=O) groups excluding carboxylic acids is 2. The van der Waals surface area contributed by atoms with E-state index in [2.05, 4.69) is 51.0 Å². The molecule has 2 fully saturated rings. The van der Waals surface area contributed by atoms with Crippen LogP contribution in [0, 0.1) is 37.1 Å². The molecule has 2 aliphatic rings. The second-order valence-electron chi connectivity index (χ2n) is 17.0. The lowest BCUT2D eigenvalue weighted by Gasteiger charge is -2.37. The Labute approximate surface area is 390 Å². The molecular weight excluding hydrogens is 881 g/mol. The Hall–Kier alpha value is -7.64. The van der Waals surface area contributed by atoms with Crippen LogP contribution in [-0.4, -0.2) is 114 Å². The molecule has 0 unspecified atom stereocenters. The van der Waals surface area contributed by atoms with Gasteiger partial charge < -0.3 is 30.2 Å². The molecule has 3 aromatic carbocycles. The average molecular weight is 933 g/mol. The monoisotopic (exact) mass is 932 g/mol. The van der Waals surface area contributed by atoms with Crippen molar-refractivity contribution in [2.75, 3.05) is 60.7 Å². The van der Waals surface area contributed by atoms with Crippen molar-refractivity contribution in [1.82, 2.24) is 49.8 Å². The molecule has 0 aliphatic carbocycles. The zero-order chi connectivity index (χ0) is 48.2. The fourth-order valence-electron chi connectivity index (χ4n) is 8.71. The molecule has 9 rings (SSSR count). The van der Waals surface area contributed by atoms with E-state index in [1.165, 1.54) is 12.1 Å². The Balaban J connectivity index is 0.000000184. The number of benzene rings is 3. The van der Waals surface area contributed by atoms with Crippen molar-refractivity contribution in [2.24, 2.45) is 14.1 Å². The Kier molecular flexibility index (Phi) is 13.8. The van der Waals surface area contributed by atoms with Crippen LogP contribution in [0.5, 0.6) is 0 Å². The summed E-state index contributed by atoms with van der Waals surface area (Å²) in [5.41, 5.74) is 5.44. The number of hydrogen-bond acceptors (Lipinski definition) is 10. The highest BCUT2D eigenvalue weighted by Crippen LogP contribution is 2.34. The molecule has 0 atom stereocenters. The molecule has 4 amide bonds. The van der Waals surface area contributed by atoms with Gasteiger partial charge in [-0.2, -0.15) is 10.2 Å². The van der Waals surface area contributed by atoms with E-state index < -0.39 is 35.3 Å². The number of fused-ring (bicyclic) bond motifs is 1. The normalized spacial score (nSPS) is 14.4. The maximum Gasteiger partial charge on any atom is 0.321 e. The van der Waals surface area contributed by atoms with Crippen LogP contribution in [0.1, 0.15) is 36.8 Å². The summed E-state index contributed by atoms with van der Waals surface area (Å²) < 4.78 is 57.6. The first-order chi connectivity index (χ1) is 32.7. The summed E-state index contributed by atoms with van der Waals surface area (Å²) in [4.78, 5) is 32.8. The van der Waals surface area contributed by atoms with Gasteiger partial charge in [-0.05, 0) is 87.1 Å². The van der Waals surface area contributed by atoms with Gasteiger partial charge >= 0.3 is 12.1 Å². The predicted octanol–water partition coefficient (Wildman–Crippen LogP) is 8.35. The Morgan fingerprint density at radius 2 is 1.01 bits per heavy atom. The van der Waals surface area contributed by atoms with Crippen molar-refractivity contribution in [3.8, 4) is 22.8 Å². The van der Waals surface area contributed by atoms with Crippen molar-refractivity contribution in [2.45, 2.75) is 51.6 Å².